The first-order chi connectivity index (χ1) is 10.6. The van der Waals surface area contributed by atoms with Crippen LogP contribution in [0.4, 0.5) is 0 Å². The van der Waals surface area contributed by atoms with E-state index in [4.69, 9.17) is 17.3 Å². The smallest absolute Gasteiger partial charge is 0.244 e. The van der Waals surface area contributed by atoms with Gasteiger partial charge in [0.1, 0.15) is 5.54 Å². The number of likely N-dealkylation sites (tertiary alicyclic amines) is 1. The lowest BCUT2D eigenvalue weighted by Crippen LogP contribution is -2.51. The Labute approximate surface area is 134 Å². The maximum absolute atomic E-state index is 12.3. The molecule has 2 heterocycles. The van der Waals surface area contributed by atoms with Crippen molar-refractivity contribution in [2.45, 2.75) is 24.9 Å². The Morgan fingerprint density at radius 3 is 2.73 bits per heavy atom. The van der Waals surface area contributed by atoms with Crippen molar-refractivity contribution < 1.29 is 4.79 Å². The first-order valence-corrected chi connectivity index (χ1v) is 7.56. The fraction of sp³-hybridized carbons (Fsp3) is 0.312. The summed E-state index contributed by atoms with van der Waals surface area (Å²) in [4.78, 5) is 22.8. The van der Waals surface area contributed by atoms with Crippen molar-refractivity contribution in [1.29, 1.82) is 0 Å². The van der Waals surface area contributed by atoms with Gasteiger partial charge in [-0.05, 0) is 37.1 Å². The van der Waals surface area contributed by atoms with Gasteiger partial charge in [0.15, 0.2) is 0 Å². The molecule has 5 nitrogen and oxygen atoms in total. The van der Waals surface area contributed by atoms with Gasteiger partial charge < -0.3 is 5.73 Å². The number of hydrogen-bond donors (Lipinski definition) is 1. The Morgan fingerprint density at radius 2 is 2.09 bits per heavy atom. The maximum Gasteiger partial charge on any atom is 0.244 e. The molecule has 0 saturated carbocycles. The summed E-state index contributed by atoms with van der Waals surface area (Å²) < 4.78 is 0. The number of aromatic nitrogens is 2. The standard InChI is InChI=1S/C16H17ClN4O/c17-13-4-2-12(3-5-13)11-21-9-1-6-16(21,15(18)22)14-10-19-7-8-20-14/h2-5,7-8,10H,1,6,9,11H2,(H2,18,22). The highest BCUT2D eigenvalue weighted by Crippen LogP contribution is 2.38. The molecule has 2 aromatic rings. The van der Waals surface area contributed by atoms with Crippen LogP contribution < -0.4 is 5.73 Å². The Balaban J connectivity index is 1.95. The van der Waals surface area contributed by atoms with Crippen molar-refractivity contribution >= 4 is 17.5 Å². The van der Waals surface area contributed by atoms with Gasteiger partial charge in [-0.15, -0.1) is 0 Å². The zero-order valence-corrected chi connectivity index (χ0v) is 12.8. The molecule has 1 amide bonds. The number of carbonyl (C=O) groups excluding carboxylic acids is 1. The minimum Gasteiger partial charge on any atom is -0.368 e. The van der Waals surface area contributed by atoms with Crippen molar-refractivity contribution in [3.63, 3.8) is 0 Å². The molecule has 0 aliphatic carbocycles. The molecule has 1 aliphatic heterocycles. The molecule has 1 aromatic carbocycles. The Hall–Kier alpha value is -1.98. The number of benzene rings is 1. The maximum atomic E-state index is 12.3. The molecule has 0 radical (unpaired) electrons. The summed E-state index contributed by atoms with van der Waals surface area (Å²) in [5.74, 6) is -0.375. The third-order valence-electron chi connectivity index (χ3n) is 4.19. The molecular weight excluding hydrogens is 300 g/mol. The predicted octanol–water partition coefficient (Wildman–Crippen LogP) is 2.11. The summed E-state index contributed by atoms with van der Waals surface area (Å²) in [6.45, 7) is 1.42. The Kier molecular flexibility index (Phi) is 4.09. The molecule has 3 rings (SSSR count). The zero-order valence-electron chi connectivity index (χ0n) is 12.1. The third kappa shape index (κ3) is 2.58. The number of halogens is 1. The number of nitrogens with two attached hydrogens (primary N) is 1. The molecule has 0 spiro atoms. The molecule has 1 fully saturated rings. The number of rotatable bonds is 4. The van der Waals surface area contributed by atoms with Crippen LogP contribution in [0.3, 0.4) is 0 Å². The Bertz CT molecular complexity index is 662. The fourth-order valence-electron chi connectivity index (χ4n) is 3.11. The van der Waals surface area contributed by atoms with E-state index in [1.54, 1.807) is 18.6 Å². The average molecular weight is 317 g/mol. The average Bonchev–Trinajstić information content (AvgIpc) is 2.95. The van der Waals surface area contributed by atoms with Crippen molar-refractivity contribution in [1.82, 2.24) is 14.9 Å². The third-order valence-corrected chi connectivity index (χ3v) is 4.44. The SMILES string of the molecule is NC(=O)C1(c2cnccn2)CCCN1Cc1ccc(Cl)cc1. The van der Waals surface area contributed by atoms with Crippen LogP contribution in [0.1, 0.15) is 24.1 Å². The van der Waals surface area contributed by atoms with Crippen molar-refractivity contribution in [2.75, 3.05) is 6.54 Å². The van der Waals surface area contributed by atoms with Gasteiger partial charge in [0, 0.05) is 24.0 Å². The largest absolute Gasteiger partial charge is 0.368 e. The van der Waals surface area contributed by atoms with Crippen LogP contribution in [-0.4, -0.2) is 27.3 Å². The van der Waals surface area contributed by atoms with E-state index in [1.165, 1.54) is 0 Å². The summed E-state index contributed by atoms with van der Waals surface area (Å²) in [7, 11) is 0. The molecule has 1 saturated heterocycles. The summed E-state index contributed by atoms with van der Waals surface area (Å²) >= 11 is 5.92. The number of nitrogens with zero attached hydrogens (tertiary/aromatic N) is 3. The van der Waals surface area contributed by atoms with Gasteiger partial charge in [0.2, 0.25) is 5.91 Å². The van der Waals surface area contributed by atoms with Gasteiger partial charge >= 0.3 is 0 Å². The van der Waals surface area contributed by atoms with E-state index >= 15 is 0 Å². The van der Waals surface area contributed by atoms with Crippen LogP contribution in [0.2, 0.25) is 5.02 Å². The summed E-state index contributed by atoms with van der Waals surface area (Å²) in [6, 6.07) is 7.62. The first-order valence-electron chi connectivity index (χ1n) is 7.19. The normalized spacial score (nSPS) is 21.9. The highest BCUT2D eigenvalue weighted by Gasteiger charge is 2.48. The lowest BCUT2D eigenvalue weighted by atomic mass is 9.91. The van der Waals surface area contributed by atoms with Crippen LogP contribution >= 0.6 is 11.6 Å². The van der Waals surface area contributed by atoms with E-state index in [9.17, 15) is 4.79 Å². The topological polar surface area (TPSA) is 72.1 Å². The van der Waals surface area contributed by atoms with Crippen molar-refractivity contribution in [3.8, 4) is 0 Å². The molecule has 1 aromatic heterocycles. The van der Waals surface area contributed by atoms with Crippen LogP contribution in [0, 0.1) is 0 Å². The van der Waals surface area contributed by atoms with Gasteiger partial charge in [-0.1, -0.05) is 23.7 Å². The second kappa shape index (κ2) is 6.02. The van der Waals surface area contributed by atoms with E-state index in [-0.39, 0.29) is 5.91 Å². The minimum absolute atomic E-state index is 0.375. The lowest BCUT2D eigenvalue weighted by molar-refractivity contribution is -0.129. The molecule has 0 bridgehead atoms. The lowest BCUT2D eigenvalue weighted by Gasteiger charge is -2.35. The monoisotopic (exact) mass is 316 g/mol. The zero-order chi connectivity index (χ0) is 15.6. The first kappa shape index (κ1) is 14.9. The molecule has 1 aliphatic rings. The second-order valence-electron chi connectivity index (χ2n) is 5.47. The van der Waals surface area contributed by atoms with Crippen LogP contribution in [-0.2, 0) is 16.9 Å². The molecule has 2 N–H and O–H groups in total. The second-order valence-corrected chi connectivity index (χ2v) is 5.90. The van der Waals surface area contributed by atoms with Gasteiger partial charge in [-0.2, -0.15) is 0 Å². The highest BCUT2D eigenvalue weighted by atomic mass is 35.5. The van der Waals surface area contributed by atoms with E-state index in [1.807, 2.05) is 24.3 Å². The van der Waals surface area contributed by atoms with Crippen LogP contribution in [0.25, 0.3) is 0 Å². The quantitative estimate of drug-likeness (QED) is 0.937. The summed E-state index contributed by atoms with van der Waals surface area (Å²) in [6.07, 6.45) is 6.38. The van der Waals surface area contributed by atoms with Gasteiger partial charge in [0.05, 0.1) is 11.9 Å². The van der Waals surface area contributed by atoms with Crippen molar-refractivity contribution in [3.05, 3.63) is 59.1 Å². The van der Waals surface area contributed by atoms with E-state index < -0.39 is 5.54 Å². The number of hydrogen-bond acceptors (Lipinski definition) is 4. The molecular formula is C16H17ClN4O. The fourth-order valence-corrected chi connectivity index (χ4v) is 3.23. The van der Waals surface area contributed by atoms with Gasteiger partial charge in [-0.25, -0.2) is 0 Å². The van der Waals surface area contributed by atoms with Gasteiger partial charge in [0.25, 0.3) is 0 Å². The number of primary amides is 1. The highest BCUT2D eigenvalue weighted by molar-refractivity contribution is 6.30. The van der Waals surface area contributed by atoms with Crippen molar-refractivity contribution in [2.24, 2.45) is 5.73 Å². The molecule has 1 unspecified atom stereocenters. The molecule has 6 heteroatoms. The summed E-state index contributed by atoms with van der Waals surface area (Å²) in [5.41, 5.74) is 6.59. The van der Waals surface area contributed by atoms with Crippen LogP contribution in [0.5, 0.6) is 0 Å². The molecule has 22 heavy (non-hydrogen) atoms. The van der Waals surface area contributed by atoms with E-state index in [2.05, 4.69) is 14.9 Å². The minimum atomic E-state index is -0.881. The summed E-state index contributed by atoms with van der Waals surface area (Å²) in [5, 5.41) is 0.695. The number of amides is 1. The number of carbonyl (C=O) groups is 1. The Morgan fingerprint density at radius 1 is 1.32 bits per heavy atom. The van der Waals surface area contributed by atoms with Crippen LogP contribution in [0.15, 0.2) is 42.9 Å². The predicted molar refractivity (Wildman–Crippen MR) is 84.0 cm³/mol. The van der Waals surface area contributed by atoms with E-state index in [0.29, 0.717) is 23.7 Å². The molecule has 1 atom stereocenters. The van der Waals surface area contributed by atoms with Gasteiger partial charge in [-0.3, -0.25) is 19.7 Å². The van der Waals surface area contributed by atoms with E-state index in [0.717, 1.165) is 18.5 Å². The molecule has 114 valence electrons.